The SMILES string of the molecule is O=C(CCCN1C(=O)CN=C(C2CCCCC2)c2ccccc21)NCCC[N+]1(C2CCNCC2)CCCCC1. The zero-order valence-electron chi connectivity index (χ0n) is 24.0. The van der Waals surface area contributed by atoms with Crippen molar-refractivity contribution in [2.75, 3.05) is 57.3 Å². The van der Waals surface area contributed by atoms with Crippen LogP contribution < -0.4 is 15.5 Å². The molecule has 3 aliphatic heterocycles. The minimum absolute atomic E-state index is 0.0436. The molecule has 0 atom stereocenters. The van der Waals surface area contributed by atoms with Gasteiger partial charge in [0.05, 0.1) is 31.4 Å². The molecule has 3 fully saturated rings. The first kappa shape index (κ1) is 28.3. The van der Waals surface area contributed by atoms with E-state index in [2.05, 4.69) is 28.8 Å². The number of nitrogens with one attached hydrogen (secondary N) is 2. The lowest BCUT2D eigenvalue weighted by Gasteiger charge is -2.49. The van der Waals surface area contributed by atoms with E-state index in [0.717, 1.165) is 49.1 Å². The van der Waals surface area contributed by atoms with Crippen molar-refractivity contribution in [2.24, 2.45) is 10.9 Å². The van der Waals surface area contributed by atoms with Crippen molar-refractivity contribution in [3.8, 4) is 0 Å². The number of anilines is 1. The fourth-order valence-corrected chi connectivity index (χ4v) is 7.73. The number of quaternary nitrogens is 1. The Morgan fingerprint density at radius 3 is 2.51 bits per heavy atom. The normalized spacial score (nSPS) is 22.6. The first-order chi connectivity index (χ1) is 19.2. The molecule has 1 aromatic rings. The van der Waals surface area contributed by atoms with Gasteiger partial charge in [-0.25, -0.2) is 0 Å². The van der Waals surface area contributed by atoms with Gasteiger partial charge in [0.2, 0.25) is 11.8 Å². The van der Waals surface area contributed by atoms with Gasteiger partial charge in [0.1, 0.15) is 6.54 Å². The molecule has 39 heavy (non-hydrogen) atoms. The quantitative estimate of drug-likeness (QED) is 0.343. The molecule has 0 unspecified atom stereocenters. The summed E-state index contributed by atoms with van der Waals surface area (Å²) in [5.74, 6) is 0.610. The number of carbonyl (C=O) groups excluding carboxylic acids is 2. The maximum Gasteiger partial charge on any atom is 0.248 e. The number of fused-ring (bicyclic) bond motifs is 1. The van der Waals surface area contributed by atoms with Crippen molar-refractivity contribution in [1.82, 2.24) is 10.6 Å². The fourth-order valence-electron chi connectivity index (χ4n) is 7.73. The number of piperidine rings is 2. The van der Waals surface area contributed by atoms with Gasteiger partial charge in [0.15, 0.2) is 0 Å². The molecule has 1 aromatic carbocycles. The molecule has 1 saturated carbocycles. The third-order valence-electron chi connectivity index (χ3n) is 9.83. The van der Waals surface area contributed by atoms with E-state index in [1.165, 1.54) is 88.3 Å². The van der Waals surface area contributed by atoms with Crippen molar-refractivity contribution in [3.63, 3.8) is 0 Å². The van der Waals surface area contributed by atoms with Crippen molar-refractivity contribution in [3.05, 3.63) is 29.8 Å². The van der Waals surface area contributed by atoms with E-state index in [4.69, 9.17) is 4.99 Å². The van der Waals surface area contributed by atoms with Crippen LogP contribution in [0.1, 0.15) is 89.0 Å². The van der Waals surface area contributed by atoms with Crippen molar-refractivity contribution >= 4 is 23.2 Å². The second-order valence-corrected chi connectivity index (χ2v) is 12.3. The molecule has 3 heterocycles. The highest BCUT2D eigenvalue weighted by atomic mass is 16.2. The Bertz CT molecular complexity index is 990. The third kappa shape index (κ3) is 7.10. The maximum absolute atomic E-state index is 13.1. The van der Waals surface area contributed by atoms with Gasteiger partial charge in [-0.3, -0.25) is 14.6 Å². The second kappa shape index (κ2) is 13.9. The summed E-state index contributed by atoms with van der Waals surface area (Å²) in [4.78, 5) is 32.5. The number of benzene rings is 1. The van der Waals surface area contributed by atoms with Gasteiger partial charge in [0.25, 0.3) is 0 Å². The number of amides is 2. The predicted molar refractivity (Wildman–Crippen MR) is 158 cm³/mol. The van der Waals surface area contributed by atoms with Gasteiger partial charge in [-0.2, -0.15) is 0 Å². The Kier molecular flexibility index (Phi) is 10.1. The summed E-state index contributed by atoms with van der Waals surface area (Å²) in [5.41, 5.74) is 3.21. The Hall–Kier alpha value is -2.25. The summed E-state index contributed by atoms with van der Waals surface area (Å²) in [6.45, 7) is 7.66. The highest BCUT2D eigenvalue weighted by Crippen LogP contribution is 2.33. The highest BCUT2D eigenvalue weighted by Gasteiger charge is 2.38. The van der Waals surface area contributed by atoms with Crippen molar-refractivity contribution in [2.45, 2.75) is 89.5 Å². The summed E-state index contributed by atoms with van der Waals surface area (Å²) in [5, 5.41) is 6.71. The highest BCUT2D eigenvalue weighted by molar-refractivity contribution is 6.12. The molecule has 4 aliphatic rings. The van der Waals surface area contributed by atoms with Gasteiger partial charge < -0.3 is 20.0 Å². The minimum Gasteiger partial charge on any atom is -0.356 e. The minimum atomic E-state index is 0.0436. The van der Waals surface area contributed by atoms with Crippen LogP contribution in [0.2, 0.25) is 0 Å². The van der Waals surface area contributed by atoms with Crippen LogP contribution in [-0.2, 0) is 9.59 Å². The maximum atomic E-state index is 13.1. The van der Waals surface area contributed by atoms with Crippen molar-refractivity contribution < 1.29 is 14.1 Å². The Balaban J connectivity index is 1.09. The molecule has 2 N–H and O–H groups in total. The van der Waals surface area contributed by atoms with E-state index in [1.807, 2.05) is 11.0 Å². The Morgan fingerprint density at radius 2 is 1.72 bits per heavy atom. The first-order valence-electron chi connectivity index (χ1n) is 15.9. The lowest BCUT2D eigenvalue weighted by atomic mass is 9.83. The number of hydrogen-bond acceptors (Lipinski definition) is 4. The summed E-state index contributed by atoms with van der Waals surface area (Å²) < 4.78 is 1.28. The van der Waals surface area contributed by atoms with E-state index in [1.54, 1.807) is 0 Å². The number of para-hydroxylation sites is 1. The monoisotopic (exact) mass is 536 g/mol. The van der Waals surface area contributed by atoms with Crippen LogP contribution in [0.15, 0.2) is 29.3 Å². The third-order valence-corrected chi connectivity index (χ3v) is 9.83. The average Bonchev–Trinajstić information content (AvgIpc) is 3.13. The zero-order chi connectivity index (χ0) is 26.9. The molecule has 5 rings (SSSR count). The van der Waals surface area contributed by atoms with E-state index >= 15 is 0 Å². The molecule has 0 aromatic heterocycles. The van der Waals surface area contributed by atoms with Crippen LogP contribution in [0.4, 0.5) is 5.69 Å². The number of hydrogen-bond donors (Lipinski definition) is 2. The van der Waals surface area contributed by atoms with Gasteiger partial charge in [0, 0.05) is 69.1 Å². The smallest absolute Gasteiger partial charge is 0.248 e. The molecule has 7 nitrogen and oxygen atoms in total. The lowest BCUT2D eigenvalue weighted by molar-refractivity contribution is -0.956. The van der Waals surface area contributed by atoms with E-state index in [9.17, 15) is 9.59 Å². The molecule has 2 saturated heterocycles. The van der Waals surface area contributed by atoms with Crippen LogP contribution in [0.5, 0.6) is 0 Å². The average molecular weight is 537 g/mol. The molecule has 2 amide bonds. The molecular formula is C32H50N5O2+. The van der Waals surface area contributed by atoms with Gasteiger partial charge in [-0.15, -0.1) is 0 Å². The summed E-state index contributed by atoms with van der Waals surface area (Å²) >= 11 is 0. The number of aliphatic imine (C=N–C) groups is 1. The summed E-state index contributed by atoms with van der Waals surface area (Å²) in [6, 6.07) is 9.04. The van der Waals surface area contributed by atoms with Crippen molar-refractivity contribution in [1.29, 1.82) is 0 Å². The standard InChI is InChI=1S/C32H49N5O2/c38-30(34-18-10-24-37(22-7-2-8-23-37)27-16-19-33-20-17-27)15-9-21-36-29-14-6-5-13-28(29)32(35-25-31(36)39)26-11-3-1-4-12-26/h5-6,13-14,26-27,33H,1-4,7-12,15-25H2/p+1. The van der Waals surface area contributed by atoms with Crippen LogP contribution in [0, 0.1) is 5.92 Å². The van der Waals surface area contributed by atoms with Gasteiger partial charge in [-0.05, 0) is 44.6 Å². The topological polar surface area (TPSA) is 73.8 Å². The molecule has 7 heteroatoms. The fraction of sp³-hybridized carbons (Fsp3) is 0.719. The molecule has 0 bridgehead atoms. The second-order valence-electron chi connectivity index (χ2n) is 12.3. The van der Waals surface area contributed by atoms with Crippen LogP contribution in [-0.4, -0.2) is 80.4 Å². The van der Waals surface area contributed by atoms with Crippen LogP contribution in [0.3, 0.4) is 0 Å². The van der Waals surface area contributed by atoms with Crippen LogP contribution >= 0.6 is 0 Å². The van der Waals surface area contributed by atoms with Gasteiger partial charge >= 0.3 is 0 Å². The predicted octanol–water partition coefficient (Wildman–Crippen LogP) is 4.44. The first-order valence-corrected chi connectivity index (χ1v) is 15.9. The summed E-state index contributed by atoms with van der Waals surface area (Å²) in [6.07, 6.45) is 15.0. The Morgan fingerprint density at radius 1 is 0.974 bits per heavy atom. The number of carbonyl (C=O) groups is 2. The van der Waals surface area contributed by atoms with E-state index < -0.39 is 0 Å². The van der Waals surface area contributed by atoms with E-state index in [0.29, 0.717) is 25.3 Å². The molecular weight excluding hydrogens is 486 g/mol. The largest absolute Gasteiger partial charge is 0.356 e. The number of nitrogens with zero attached hydrogens (tertiary/aromatic N) is 3. The van der Waals surface area contributed by atoms with E-state index in [-0.39, 0.29) is 18.4 Å². The zero-order valence-corrected chi connectivity index (χ0v) is 24.0. The number of rotatable bonds is 10. The lowest BCUT2D eigenvalue weighted by Crippen LogP contribution is -2.61. The molecule has 0 spiro atoms. The molecule has 214 valence electrons. The number of benzodiazepines with no additional fused rings is 1. The number of likely N-dealkylation sites (tertiary alicyclic amines) is 1. The molecule has 1 aliphatic carbocycles. The van der Waals surface area contributed by atoms with Gasteiger partial charge in [-0.1, -0.05) is 37.5 Å². The Labute approximate surface area is 235 Å². The summed E-state index contributed by atoms with van der Waals surface area (Å²) in [7, 11) is 0. The van der Waals surface area contributed by atoms with Crippen LogP contribution in [0.25, 0.3) is 0 Å². The molecule has 0 radical (unpaired) electrons.